The van der Waals surface area contributed by atoms with Gasteiger partial charge in [-0.25, -0.2) is 0 Å². The lowest BCUT2D eigenvalue weighted by molar-refractivity contribution is -0.122. The highest BCUT2D eigenvalue weighted by Crippen LogP contribution is 2.18. The monoisotopic (exact) mass is 308 g/mol. The van der Waals surface area contributed by atoms with Gasteiger partial charge in [-0.1, -0.05) is 27.7 Å². The molecule has 1 aromatic rings. The number of carbonyl (C=O) groups is 1. The second-order valence-electron chi connectivity index (χ2n) is 7.23. The molecule has 0 radical (unpaired) electrons. The first-order valence-corrected chi connectivity index (χ1v) is 8.14. The Bertz CT molecular complexity index is 519. The predicted molar refractivity (Wildman–Crippen MR) is 90.7 cm³/mol. The molecule has 1 amide bonds. The molecule has 5 nitrogen and oxygen atoms in total. The van der Waals surface area contributed by atoms with Crippen LogP contribution in [0.15, 0.2) is 0 Å². The zero-order chi connectivity index (χ0) is 17.1. The second-order valence-corrected chi connectivity index (χ2v) is 7.23. The quantitative estimate of drug-likeness (QED) is 0.811. The number of carbonyl (C=O) groups excluding carboxylic acids is 1. The summed E-state index contributed by atoms with van der Waals surface area (Å²) in [6.07, 6.45) is 0.359. The lowest BCUT2D eigenvalue weighted by atomic mass is 9.88. The van der Waals surface area contributed by atoms with Gasteiger partial charge in [-0.05, 0) is 32.6 Å². The van der Waals surface area contributed by atoms with Crippen LogP contribution >= 0.6 is 0 Å². The van der Waals surface area contributed by atoms with Crippen LogP contribution in [0.1, 0.15) is 51.6 Å². The van der Waals surface area contributed by atoms with Crippen LogP contribution in [0.25, 0.3) is 0 Å². The number of nitrogens with one attached hydrogen (secondary N) is 1. The summed E-state index contributed by atoms with van der Waals surface area (Å²) in [4.78, 5) is 12.4. The van der Waals surface area contributed by atoms with E-state index in [0.29, 0.717) is 18.9 Å². The molecule has 1 aromatic heterocycles. The third-order valence-electron chi connectivity index (χ3n) is 4.53. The fourth-order valence-corrected chi connectivity index (χ4v) is 2.47. The van der Waals surface area contributed by atoms with Crippen molar-refractivity contribution in [1.29, 1.82) is 0 Å². The topological polar surface area (TPSA) is 72.9 Å². The Labute approximate surface area is 134 Å². The minimum atomic E-state index is -0.368. The normalized spacial score (nSPS) is 14.5. The van der Waals surface area contributed by atoms with Gasteiger partial charge in [0.2, 0.25) is 5.91 Å². The number of nitrogens with two attached hydrogens (primary N) is 1. The predicted octanol–water partition coefficient (Wildman–Crippen LogP) is 2.19. The molecule has 0 aliphatic heterocycles. The average molecular weight is 308 g/mol. The SMILES string of the molecule is Cc1nn(CC(C)C)c(C)c1CC(=O)NC(C)(CN)C(C)C. The van der Waals surface area contributed by atoms with Crippen molar-refractivity contribution in [1.82, 2.24) is 15.1 Å². The molecule has 0 aromatic carbocycles. The second kappa shape index (κ2) is 7.27. The molecule has 0 aliphatic rings. The number of amides is 1. The van der Waals surface area contributed by atoms with Gasteiger partial charge in [0.15, 0.2) is 0 Å². The molecule has 0 saturated carbocycles. The van der Waals surface area contributed by atoms with Crippen LogP contribution in [-0.2, 0) is 17.8 Å². The smallest absolute Gasteiger partial charge is 0.225 e. The number of aryl methyl sites for hydroxylation is 1. The maximum atomic E-state index is 12.4. The van der Waals surface area contributed by atoms with Crippen molar-refractivity contribution in [3.8, 4) is 0 Å². The Balaban J connectivity index is 2.87. The third-order valence-corrected chi connectivity index (χ3v) is 4.53. The fraction of sp³-hybridized carbons (Fsp3) is 0.765. The van der Waals surface area contributed by atoms with Crippen LogP contribution in [0, 0.1) is 25.7 Å². The number of rotatable bonds is 7. The van der Waals surface area contributed by atoms with Crippen molar-refractivity contribution in [3.63, 3.8) is 0 Å². The van der Waals surface area contributed by atoms with Gasteiger partial charge in [0.25, 0.3) is 0 Å². The van der Waals surface area contributed by atoms with Crippen molar-refractivity contribution >= 4 is 5.91 Å². The molecule has 0 spiro atoms. The Hall–Kier alpha value is -1.36. The minimum Gasteiger partial charge on any atom is -0.349 e. The summed E-state index contributed by atoms with van der Waals surface area (Å²) in [7, 11) is 0. The molecule has 1 unspecified atom stereocenters. The molecule has 1 heterocycles. The summed E-state index contributed by atoms with van der Waals surface area (Å²) in [5.41, 5.74) is 8.52. The summed E-state index contributed by atoms with van der Waals surface area (Å²) < 4.78 is 2.01. The summed E-state index contributed by atoms with van der Waals surface area (Å²) in [5.74, 6) is 0.824. The Morgan fingerprint density at radius 1 is 1.32 bits per heavy atom. The molecule has 3 N–H and O–H groups in total. The van der Waals surface area contributed by atoms with E-state index < -0.39 is 0 Å². The van der Waals surface area contributed by atoms with E-state index in [0.717, 1.165) is 23.5 Å². The van der Waals surface area contributed by atoms with Gasteiger partial charge in [-0.2, -0.15) is 5.10 Å². The van der Waals surface area contributed by atoms with Crippen molar-refractivity contribution in [2.45, 2.75) is 67.0 Å². The van der Waals surface area contributed by atoms with Crippen LogP contribution in [-0.4, -0.2) is 27.8 Å². The molecular weight excluding hydrogens is 276 g/mol. The van der Waals surface area contributed by atoms with Crippen molar-refractivity contribution in [2.24, 2.45) is 17.6 Å². The molecule has 1 rings (SSSR count). The summed E-state index contributed by atoms with van der Waals surface area (Å²) in [5, 5.41) is 7.66. The van der Waals surface area contributed by atoms with Crippen molar-refractivity contribution in [3.05, 3.63) is 17.0 Å². The highest BCUT2D eigenvalue weighted by atomic mass is 16.1. The molecule has 0 bridgehead atoms. The van der Waals surface area contributed by atoms with Gasteiger partial charge in [0.1, 0.15) is 0 Å². The first-order chi connectivity index (χ1) is 10.1. The van der Waals surface area contributed by atoms with Crippen LogP contribution in [0.4, 0.5) is 0 Å². The molecule has 5 heteroatoms. The van der Waals surface area contributed by atoms with Crippen LogP contribution < -0.4 is 11.1 Å². The van der Waals surface area contributed by atoms with E-state index >= 15 is 0 Å². The lowest BCUT2D eigenvalue weighted by Crippen LogP contribution is -2.55. The fourth-order valence-electron chi connectivity index (χ4n) is 2.47. The van der Waals surface area contributed by atoms with E-state index in [1.807, 2.05) is 25.5 Å². The van der Waals surface area contributed by atoms with Gasteiger partial charge in [-0.15, -0.1) is 0 Å². The molecule has 126 valence electrons. The summed E-state index contributed by atoms with van der Waals surface area (Å²) in [6, 6.07) is 0. The average Bonchev–Trinajstić information content (AvgIpc) is 2.65. The van der Waals surface area contributed by atoms with Crippen LogP contribution in [0.2, 0.25) is 0 Å². The zero-order valence-electron chi connectivity index (χ0n) is 15.2. The van der Waals surface area contributed by atoms with E-state index in [2.05, 4.69) is 38.1 Å². The van der Waals surface area contributed by atoms with Crippen molar-refractivity contribution < 1.29 is 4.79 Å². The molecule has 0 aliphatic carbocycles. The van der Waals surface area contributed by atoms with Gasteiger partial charge in [0, 0.05) is 24.3 Å². The van der Waals surface area contributed by atoms with E-state index in [9.17, 15) is 4.79 Å². The molecule has 22 heavy (non-hydrogen) atoms. The number of hydrogen-bond donors (Lipinski definition) is 2. The molecule has 0 fully saturated rings. The molecule has 0 saturated heterocycles. The highest BCUT2D eigenvalue weighted by Gasteiger charge is 2.29. The van der Waals surface area contributed by atoms with E-state index in [-0.39, 0.29) is 17.4 Å². The largest absolute Gasteiger partial charge is 0.349 e. The van der Waals surface area contributed by atoms with Gasteiger partial charge >= 0.3 is 0 Å². The first kappa shape index (κ1) is 18.7. The molecule has 1 atom stereocenters. The Morgan fingerprint density at radius 3 is 2.36 bits per heavy atom. The lowest BCUT2D eigenvalue weighted by Gasteiger charge is -2.33. The maximum Gasteiger partial charge on any atom is 0.225 e. The number of aromatic nitrogens is 2. The first-order valence-electron chi connectivity index (χ1n) is 8.14. The van der Waals surface area contributed by atoms with E-state index in [1.165, 1.54) is 0 Å². The third kappa shape index (κ3) is 4.32. The summed E-state index contributed by atoms with van der Waals surface area (Å²) >= 11 is 0. The van der Waals surface area contributed by atoms with Crippen LogP contribution in [0.5, 0.6) is 0 Å². The minimum absolute atomic E-state index is 0.0111. The number of hydrogen-bond acceptors (Lipinski definition) is 3. The Kier molecular flexibility index (Phi) is 6.17. The van der Waals surface area contributed by atoms with E-state index in [1.54, 1.807) is 0 Å². The zero-order valence-corrected chi connectivity index (χ0v) is 15.2. The van der Waals surface area contributed by atoms with Gasteiger partial charge in [-0.3, -0.25) is 9.48 Å². The van der Waals surface area contributed by atoms with Gasteiger partial charge in [0.05, 0.1) is 17.7 Å². The number of nitrogens with zero attached hydrogens (tertiary/aromatic N) is 2. The molecular formula is C17H32N4O. The standard InChI is InChI=1S/C17H32N4O/c1-11(2)9-21-14(6)15(13(5)20-21)8-16(22)19-17(7,10-18)12(3)4/h11-12H,8-10,18H2,1-7H3,(H,19,22). The highest BCUT2D eigenvalue weighted by molar-refractivity contribution is 5.80. The van der Waals surface area contributed by atoms with E-state index in [4.69, 9.17) is 5.73 Å². The van der Waals surface area contributed by atoms with Crippen LogP contribution in [0.3, 0.4) is 0 Å². The summed E-state index contributed by atoms with van der Waals surface area (Å²) in [6.45, 7) is 15.8. The maximum absolute atomic E-state index is 12.4. The van der Waals surface area contributed by atoms with Gasteiger partial charge < -0.3 is 11.1 Å². The van der Waals surface area contributed by atoms with Crippen molar-refractivity contribution in [2.75, 3.05) is 6.54 Å². The Morgan fingerprint density at radius 2 is 1.91 bits per heavy atom.